The van der Waals surface area contributed by atoms with Crippen molar-refractivity contribution in [2.45, 2.75) is 39.7 Å². The zero-order chi connectivity index (χ0) is 32.5. The quantitative estimate of drug-likeness (QED) is 0.197. The first kappa shape index (κ1) is 30.8. The van der Waals surface area contributed by atoms with Crippen molar-refractivity contribution in [3.05, 3.63) is 120 Å². The van der Waals surface area contributed by atoms with Gasteiger partial charge in [0.25, 0.3) is 5.56 Å². The topological polar surface area (TPSA) is 120 Å². The minimum absolute atomic E-state index is 0.149. The van der Waals surface area contributed by atoms with Crippen LogP contribution in [0, 0.1) is 6.92 Å². The second-order valence-corrected chi connectivity index (χ2v) is 11.9. The first-order valence-corrected chi connectivity index (χ1v) is 15.8. The number of thiazole rings is 1. The van der Waals surface area contributed by atoms with Crippen LogP contribution in [0.2, 0.25) is 0 Å². The maximum Gasteiger partial charge on any atom is 0.338 e. The van der Waals surface area contributed by atoms with Gasteiger partial charge >= 0.3 is 11.9 Å². The van der Waals surface area contributed by atoms with Crippen molar-refractivity contribution in [1.82, 2.24) is 4.57 Å². The fourth-order valence-corrected chi connectivity index (χ4v) is 6.85. The number of carboxylic acids is 1. The van der Waals surface area contributed by atoms with E-state index >= 15 is 0 Å². The van der Waals surface area contributed by atoms with Gasteiger partial charge in [-0.15, -0.1) is 0 Å². The monoisotopic (exact) mass is 636 g/mol. The van der Waals surface area contributed by atoms with Crippen LogP contribution in [0.15, 0.2) is 92.2 Å². The number of fused-ring (bicyclic) bond motifs is 2. The number of carboxylic acid groups (broad SMARTS) is 1. The van der Waals surface area contributed by atoms with Crippen LogP contribution < -0.4 is 19.6 Å². The van der Waals surface area contributed by atoms with Gasteiger partial charge in [0, 0.05) is 17.2 Å². The van der Waals surface area contributed by atoms with Gasteiger partial charge in [0.1, 0.15) is 23.3 Å². The van der Waals surface area contributed by atoms with Gasteiger partial charge in [-0.25, -0.2) is 14.6 Å². The van der Waals surface area contributed by atoms with Crippen LogP contribution in [0.1, 0.15) is 60.0 Å². The number of nitrogens with zero attached hydrogens (tertiary/aromatic N) is 2. The van der Waals surface area contributed by atoms with E-state index in [9.17, 15) is 19.5 Å². The Hall–Kier alpha value is -5.22. The van der Waals surface area contributed by atoms with Gasteiger partial charge in [-0.2, -0.15) is 0 Å². The van der Waals surface area contributed by atoms with E-state index in [2.05, 4.69) is 0 Å². The van der Waals surface area contributed by atoms with Crippen molar-refractivity contribution in [3.8, 4) is 17.1 Å². The summed E-state index contributed by atoms with van der Waals surface area (Å²) >= 11 is 1.21. The summed E-state index contributed by atoms with van der Waals surface area (Å²) in [7, 11) is 1.57. The van der Waals surface area contributed by atoms with E-state index in [-0.39, 0.29) is 17.7 Å². The predicted molar refractivity (Wildman–Crippen MR) is 176 cm³/mol. The number of carbonyl (C=O) groups excluding carboxylic acids is 1. The molecule has 3 heterocycles. The molecule has 0 saturated carbocycles. The fourth-order valence-electron chi connectivity index (χ4n) is 5.85. The molecule has 9 nitrogen and oxygen atoms in total. The zero-order valence-electron chi connectivity index (χ0n) is 25.8. The van der Waals surface area contributed by atoms with Crippen LogP contribution >= 0.6 is 11.3 Å². The predicted octanol–water partition coefficient (Wildman–Crippen LogP) is 6.01. The third-order valence-corrected chi connectivity index (χ3v) is 8.95. The molecule has 0 spiro atoms. The summed E-state index contributed by atoms with van der Waals surface area (Å²) in [6, 6.07) is 19.1. The molecule has 3 aromatic carbocycles. The lowest BCUT2D eigenvalue weighted by molar-refractivity contribution is -0.139. The maximum atomic E-state index is 14.3. The Morgan fingerprint density at radius 1 is 1.09 bits per heavy atom. The number of aryl methyl sites for hydroxylation is 1. The first-order valence-electron chi connectivity index (χ1n) is 15.0. The lowest BCUT2D eigenvalue weighted by Crippen LogP contribution is -2.40. The van der Waals surface area contributed by atoms with Crippen molar-refractivity contribution in [2.24, 2.45) is 4.99 Å². The highest BCUT2D eigenvalue weighted by atomic mass is 32.1. The molecule has 46 heavy (non-hydrogen) atoms. The van der Waals surface area contributed by atoms with Gasteiger partial charge < -0.3 is 19.0 Å². The Morgan fingerprint density at radius 3 is 2.63 bits per heavy atom. The number of aromatic nitrogens is 1. The Bertz CT molecular complexity index is 2220. The molecule has 1 N–H and O–H groups in total. The number of esters is 1. The van der Waals surface area contributed by atoms with E-state index in [1.165, 1.54) is 11.3 Å². The van der Waals surface area contributed by atoms with Gasteiger partial charge in [-0.1, -0.05) is 61.1 Å². The molecule has 0 aliphatic carbocycles. The average molecular weight is 637 g/mol. The molecule has 5 aromatic rings. The number of furan rings is 1. The number of hydrogen-bond acceptors (Lipinski definition) is 8. The van der Waals surface area contributed by atoms with Crippen LogP contribution in [0.3, 0.4) is 0 Å². The third-order valence-electron chi connectivity index (χ3n) is 7.97. The molecular formula is C36H32N2O7S. The van der Waals surface area contributed by atoms with Gasteiger partial charge in [-0.3, -0.25) is 9.36 Å². The van der Waals surface area contributed by atoms with Crippen LogP contribution in [0.25, 0.3) is 28.2 Å². The number of aromatic carboxylic acids is 1. The van der Waals surface area contributed by atoms with Gasteiger partial charge in [0.05, 0.1) is 35.1 Å². The highest BCUT2D eigenvalue weighted by molar-refractivity contribution is 7.07. The van der Waals surface area contributed by atoms with Crippen molar-refractivity contribution in [1.29, 1.82) is 0 Å². The summed E-state index contributed by atoms with van der Waals surface area (Å²) in [5.74, 6) is -0.131. The van der Waals surface area contributed by atoms with Gasteiger partial charge in [-0.05, 0) is 66.9 Å². The zero-order valence-corrected chi connectivity index (χ0v) is 26.6. The highest BCUT2D eigenvalue weighted by Gasteiger charge is 2.37. The van der Waals surface area contributed by atoms with Gasteiger partial charge in [0.15, 0.2) is 4.80 Å². The van der Waals surface area contributed by atoms with Crippen molar-refractivity contribution >= 4 is 40.1 Å². The Morgan fingerprint density at radius 2 is 1.89 bits per heavy atom. The van der Waals surface area contributed by atoms with E-state index in [0.29, 0.717) is 55.4 Å². The van der Waals surface area contributed by atoms with Crippen LogP contribution in [0.5, 0.6) is 5.75 Å². The molecule has 0 radical (unpaired) electrons. The van der Waals surface area contributed by atoms with E-state index in [0.717, 1.165) is 22.8 Å². The van der Waals surface area contributed by atoms with Crippen molar-refractivity contribution in [2.75, 3.05) is 13.7 Å². The molecule has 1 aliphatic rings. The summed E-state index contributed by atoms with van der Waals surface area (Å²) < 4.78 is 19.4. The van der Waals surface area contributed by atoms with Crippen molar-refractivity contribution in [3.63, 3.8) is 0 Å². The molecular weight excluding hydrogens is 604 g/mol. The third kappa shape index (κ3) is 5.45. The first-order chi connectivity index (χ1) is 22.2. The van der Waals surface area contributed by atoms with E-state index in [4.69, 9.17) is 18.9 Å². The lowest BCUT2D eigenvalue weighted by atomic mass is 9.90. The van der Waals surface area contributed by atoms with Gasteiger partial charge in [0.2, 0.25) is 0 Å². The molecule has 6 rings (SSSR count). The molecule has 0 bridgehead atoms. The number of benzene rings is 3. The summed E-state index contributed by atoms with van der Waals surface area (Å²) in [5.41, 5.74) is 2.86. The smallest absolute Gasteiger partial charge is 0.338 e. The van der Waals surface area contributed by atoms with Crippen LogP contribution in [-0.4, -0.2) is 35.3 Å². The molecule has 2 aromatic heterocycles. The Labute approximate surface area is 268 Å². The van der Waals surface area contributed by atoms with Crippen LogP contribution in [0.4, 0.5) is 0 Å². The number of allylic oxidation sites excluding steroid dienone is 1. The van der Waals surface area contributed by atoms with Crippen LogP contribution in [-0.2, 0) is 9.53 Å². The molecule has 0 unspecified atom stereocenters. The maximum absolute atomic E-state index is 14.3. The summed E-state index contributed by atoms with van der Waals surface area (Å²) in [5, 5.41) is 11.2. The Balaban J connectivity index is 1.58. The van der Waals surface area contributed by atoms with Crippen molar-refractivity contribution < 1.29 is 28.6 Å². The molecule has 0 saturated heterocycles. The second kappa shape index (κ2) is 12.6. The molecule has 10 heteroatoms. The van der Waals surface area contributed by atoms with E-state index in [1.807, 2.05) is 50.2 Å². The number of hydrogen-bond donors (Lipinski definition) is 1. The Kier molecular flexibility index (Phi) is 8.46. The van der Waals surface area contributed by atoms with E-state index in [1.54, 1.807) is 55.0 Å². The number of rotatable bonds is 9. The number of ether oxygens (including phenoxy) is 2. The minimum atomic E-state index is -1.03. The SMILES string of the molecule is CCCC1=C(C(=O)OCC)[C@@H](c2c(OC)ccc3ccccc23)n2c(s/c(=C\c3ccc(-c4cc(C(=O)O)ccc4C)o3)c2=O)=N1. The molecule has 0 amide bonds. The molecule has 234 valence electrons. The number of methoxy groups -OCH3 is 1. The summed E-state index contributed by atoms with van der Waals surface area (Å²) in [6.45, 7) is 5.80. The number of carbonyl (C=O) groups is 2. The normalized spacial score (nSPS) is 14.7. The standard InChI is InChI=1S/C36H32N2O7S/c1-5-9-26-31(35(42)44-6-2)32(30-24-11-8-7-10-21(24)14-16-28(30)43-4)38-33(39)29(46-36(38)37-26)19-23-15-17-27(45-23)25-18-22(34(40)41)13-12-20(25)3/h7-8,10-19,32H,5-6,9H2,1-4H3,(H,40,41)/b29-19-/t32-/m1/s1. The summed E-state index contributed by atoms with van der Waals surface area (Å²) in [6.07, 6.45) is 2.89. The molecule has 1 aliphatic heterocycles. The largest absolute Gasteiger partial charge is 0.496 e. The minimum Gasteiger partial charge on any atom is -0.496 e. The fraction of sp³-hybridized carbons (Fsp3) is 0.222. The highest BCUT2D eigenvalue weighted by Crippen LogP contribution is 2.41. The molecule has 0 fully saturated rings. The second-order valence-electron chi connectivity index (χ2n) is 10.9. The van der Waals surface area contributed by atoms with E-state index < -0.39 is 18.0 Å². The lowest BCUT2D eigenvalue weighted by Gasteiger charge is -2.28. The summed E-state index contributed by atoms with van der Waals surface area (Å²) in [4.78, 5) is 44.9. The molecule has 1 atom stereocenters. The average Bonchev–Trinajstić information content (AvgIpc) is 3.64.